The van der Waals surface area contributed by atoms with E-state index in [2.05, 4.69) is 9.35 Å². The summed E-state index contributed by atoms with van der Waals surface area (Å²) in [5.41, 5.74) is 0.763. The summed E-state index contributed by atoms with van der Waals surface area (Å²) in [6, 6.07) is 12.2. The number of amides is 1. The Morgan fingerprint density at radius 2 is 2.10 bits per heavy atom. The molecule has 0 spiro atoms. The standard InChI is InChI=1S/C15H16N2O3S/c1-20-13-7-5-6-12(10-13)11-14(18)17-21(2,19)15-8-3-4-9-16-15/h3-10H,11H2,1-2H3. The van der Waals surface area contributed by atoms with Crippen molar-refractivity contribution in [2.24, 2.45) is 4.36 Å². The number of aromatic nitrogens is 1. The van der Waals surface area contributed by atoms with E-state index in [1.54, 1.807) is 49.6 Å². The third-order valence-corrected chi connectivity index (χ3v) is 4.36. The Morgan fingerprint density at radius 3 is 2.76 bits per heavy atom. The van der Waals surface area contributed by atoms with Crippen molar-refractivity contribution < 1.29 is 13.7 Å². The number of ether oxygens (including phenoxy) is 1. The second-order valence-corrected chi connectivity index (χ2v) is 6.69. The zero-order valence-corrected chi connectivity index (χ0v) is 12.7. The van der Waals surface area contributed by atoms with Crippen molar-refractivity contribution in [2.45, 2.75) is 11.4 Å². The molecule has 1 atom stereocenters. The Morgan fingerprint density at radius 1 is 1.29 bits per heavy atom. The van der Waals surface area contributed by atoms with E-state index in [9.17, 15) is 9.00 Å². The normalized spacial score (nSPS) is 13.2. The van der Waals surface area contributed by atoms with Crippen molar-refractivity contribution in [2.75, 3.05) is 13.4 Å². The molecule has 6 heteroatoms. The summed E-state index contributed by atoms with van der Waals surface area (Å²) >= 11 is 0. The van der Waals surface area contributed by atoms with Gasteiger partial charge >= 0.3 is 0 Å². The van der Waals surface area contributed by atoms with Crippen LogP contribution in [0, 0.1) is 0 Å². The number of hydrogen-bond donors (Lipinski definition) is 0. The molecule has 1 amide bonds. The molecule has 0 fully saturated rings. The molecular weight excluding hydrogens is 288 g/mol. The molecular formula is C15H16N2O3S. The number of carbonyl (C=O) groups excluding carboxylic acids is 1. The molecule has 1 heterocycles. The Balaban J connectivity index is 2.21. The SMILES string of the molecule is COc1cccc(CC(=O)N=S(C)(=O)c2ccccn2)c1. The topological polar surface area (TPSA) is 68.6 Å². The first-order valence-electron chi connectivity index (χ1n) is 6.30. The summed E-state index contributed by atoms with van der Waals surface area (Å²) in [5.74, 6) is 0.226. The Bertz CT molecular complexity index is 751. The van der Waals surface area contributed by atoms with Gasteiger partial charge in [0.05, 0.1) is 23.3 Å². The highest BCUT2D eigenvalue weighted by Gasteiger charge is 2.11. The van der Waals surface area contributed by atoms with Crippen molar-refractivity contribution in [1.29, 1.82) is 0 Å². The van der Waals surface area contributed by atoms with Crippen molar-refractivity contribution in [3.8, 4) is 5.75 Å². The van der Waals surface area contributed by atoms with E-state index in [1.807, 2.05) is 0 Å². The quantitative estimate of drug-likeness (QED) is 0.869. The molecule has 2 aromatic rings. The number of nitrogens with zero attached hydrogens (tertiary/aromatic N) is 2. The maximum Gasteiger partial charge on any atom is 0.258 e. The van der Waals surface area contributed by atoms with Gasteiger partial charge in [0.2, 0.25) is 0 Å². The fourth-order valence-corrected chi connectivity index (χ4v) is 2.94. The number of benzene rings is 1. The molecule has 0 bridgehead atoms. The van der Waals surface area contributed by atoms with Crippen molar-refractivity contribution >= 4 is 15.6 Å². The van der Waals surface area contributed by atoms with Gasteiger partial charge in [-0.15, -0.1) is 0 Å². The summed E-state index contributed by atoms with van der Waals surface area (Å²) < 4.78 is 21.4. The van der Waals surface area contributed by atoms with Gasteiger partial charge in [0.25, 0.3) is 5.91 Å². The van der Waals surface area contributed by atoms with E-state index in [1.165, 1.54) is 12.5 Å². The predicted molar refractivity (Wildman–Crippen MR) is 80.7 cm³/mol. The number of hydrogen-bond acceptors (Lipinski definition) is 4. The minimum atomic E-state index is -2.81. The van der Waals surface area contributed by atoms with E-state index in [0.29, 0.717) is 10.8 Å². The molecule has 1 unspecified atom stereocenters. The summed E-state index contributed by atoms with van der Waals surface area (Å²) in [6.07, 6.45) is 3.02. The number of methoxy groups -OCH3 is 1. The molecule has 0 aliphatic heterocycles. The van der Waals surface area contributed by atoms with Crippen LogP contribution in [-0.2, 0) is 20.9 Å². The largest absolute Gasteiger partial charge is 0.497 e. The van der Waals surface area contributed by atoms with Crippen LogP contribution in [0.15, 0.2) is 58.1 Å². The molecule has 1 aromatic carbocycles. The molecule has 0 aliphatic carbocycles. The molecule has 0 aliphatic rings. The second kappa shape index (κ2) is 6.49. The smallest absolute Gasteiger partial charge is 0.258 e. The molecule has 0 saturated carbocycles. The van der Waals surface area contributed by atoms with Crippen molar-refractivity contribution in [3.05, 3.63) is 54.2 Å². The number of rotatable bonds is 4. The summed E-state index contributed by atoms with van der Waals surface area (Å²) in [7, 11) is -1.25. The summed E-state index contributed by atoms with van der Waals surface area (Å²) in [5, 5.41) is 0.309. The summed E-state index contributed by atoms with van der Waals surface area (Å²) in [4.78, 5) is 16.0. The Hall–Kier alpha value is -2.21. The van der Waals surface area contributed by atoms with E-state index < -0.39 is 15.6 Å². The molecule has 2 rings (SSSR count). The highest BCUT2D eigenvalue weighted by atomic mass is 32.2. The first-order valence-corrected chi connectivity index (χ1v) is 8.22. The molecule has 21 heavy (non-hydrogen) atoms. The third-order valence-electron chi connectivity index (χ3n) is 2.79. The number of carbonyl (C=O) groups is 1. The molecule has 1 aromatic heterocycles. The molecule has 0 radical (unpaired) electrons. The third kappa shape index (κ3) is 4.13. The average molecular weight is 304 g/mol. The van der Waals surface area contributed by atoms with E-state index >= 15 is 0 Å². The van der Waals surface area contributed by atoms with Crippen LogP contribution in [0.3, 0.4) is 0 Å². The first-order chi connectivity index (χ1) is 10.0. The van der Waals surface area contributed by atoms with Gasteiger partial charge in [0.1, 0.15) is 10.8 Å². The second-order valence-electron chi connectivity index (χ2n) is 4.48. The Labute approximate surface area is 124 Å². The zero-order valence-electron chi connectivity index (χ0n) is 11.9. The lowest BCUT2D eigenvalue weighted by atomic mass is 10.1. The molecule has 0 saturated heterocycles. The minimum Gasteiger partial charge on any atom is -0.497 e. The first kappa shape index (κ1) is 15.2. The van der Waals surface area contributed by atoms with Gasteiger partial charge in [-0.05, 0) is 29.8 Å². The van der Waals surface area contributed by atoms with Crippen LogP contribution in [-0.4, -0.2) is 28.5 Å². The highest BCUT2D eigenvalue weighted by molar-refractivity contribution is 7.93. The van der Waals surface area contributed by atoms with Gasteiger partial charge in [0, 0.05) is 12.5 Å². The van der Waals surface area contributed by atoms with Gasteiger partial charge in [-0.1, -0.05) is 18.2 Å². The van der Waals surface area contributed by atoms with E-state index in [0.717, 1.165) is 5.56 Å². The van der Waals surface area contributed by atoms with Crippen LogP contribution in [0.25, 0.3) is 0 Å². The monoisotopic (exact) mass is 304 g/mol. The van der Waals surface area contributed by atoms with Crippen LogP contribution >= 0.6 is 0 Å². The highest BCUT2D eigenvalue weighted by Crippen LogP contribution is 2.14. The Kier molecular flexibility index (Phi) is 4.70. The van der Waals surface area contributed by atoms with Crippen molar-refractivity contribution in [3.63, 3.8) is 0 Å². The zero-order chi connectivity index (χ0) is 15.3. The maximum absolute atomic E-state index is 12.4. The lowest BCUT2D eigenvalue weighted by molar-refractivity contribution is -0.117. The predicted octanol–water partition coefficient (Wildman–Crippen LogP) is 2.32. The average Bonchev–Trinajstić information content (AvgIpc) is 2.47. The van der Waals surface area contributed by atoms with Crippen LogP contribution in [0.2, 0.25) is 0 Å². The molecule has 5 nitrogen and oxygen atoms in total. The van der Waals surface area contributed by atoms with Crippen LogP contribution in [0.4, 0.5) is 0 Å². The van der Waals surface area contributed by atoms with Gasteiger partial charge in [-0.25, -0.2) is 9.19 Å². The van der Waals surface area contributed by atoms with Crippen LogP contribution in [0.1, 0.15) is 5.56 Å². The van der Waals surface area contributed by atoms with E-state index in [-0.39, 0.29) is 6.42 Å². The minimum absolute atomic E-state index is 0.0782. The fraction of sp³-hybridized carbons (Fsp3) is 0.200. The molecule has 0 N–H and O–H groups in total. The van der Waals surface area contributed by atoms with Crippen LogP contribution < -0.4 is 4.74 Å². The van der Waals surface area contributed by atoms with Gasteiger partial charge in [0.15, 0.2) is 0 Å². The van der Waals surface area contributed by atoms with Gasteiger partial charge in [-0.3, -0.25) is 4.79 Å². The lowest BCUT2D eigenvalue weighted by Gasteiger charge is -2.04. The molecule has 110 valence electrons. The van der Waals surface area contributed by atoms with Gasteiger partial charge < -0.3 is 4.74 Å². The van der Waals surface area contributed by atoms with Gasteiger partial charge in [-0.2, -0.15) is 4.36 Å². The maximum atomic E-state index is 12.4. The van der Waals surface area contributed by atoms with E-state index in [4.69, 9.17) is 4.74 Å². The fourth-order valence-electron chi connectivity index (χ4n) is 1.80. The van der Waals surface area contributed by atoms with Crippen molar-refractivity contribution in [1.82, 2.24) is 4.98 Å². The van der Waals surface area contributed by atoms with Crippen LogP contribution in [0.5, 0.6) is 5.75 Å². The lowest BCUT2D eigenvalue weighted by Crippen LogP contribution is -2.07. The summed E-state index contributed by atoms with van der Waals surface area (Å²) in [6.45, 7) is 0. The number of pyridine rings is 1.